The molecule has 1 aromatic heterocycles. The molecule has 1 aromatic rings. The van der Waals surface area contributed by atoms with Crippen molar-refractivity contribution in [1.82, 2.24) is 9.88 Å². The maximum atomic E-state index is 12.3. The van der Waals surface area contributed by atoms with Crippen molar-refractivity contribution in [3.63, 3.8) is 0 Å². The minimum Gasteiger partial charge on any atom is -0.479 e. The highest BCUT2D eigenvalue weighted by Crippen LogP contribution is 2.24. The van der Waals surface area contributed by atoms with E-state index in [2.05, 4.69) is 4.98 Å². The number of hydrogen-bond donors (Lipinski definition) is 1. The minimum absolute atomic E-state index is 0.334. The van der Waals surface area contributed by atoms with Gasteiger partial charge in [-0.25, -0.2) is 0 Å². The highest BCUT2D eigenvalue weighted by molar-refractivity contribution is 5.54. The first-order valence-corrected chi connectivity index (χ1v) is 6.23. The summed E-state index contributed by atoms with van der Waals surface area (Å²) in [4.78, 5) is 7.57. The number of pyridine rings is 1. The van der Waals surface area contributed by atoms with Crippen LogP contribution in [0.25, 0.3) is 0 Å². The number of nitrogens with two attached hydrogens (primary N) is 1. The largest absolute Gasteiger partial charge is 0.479 e. The fraction of sp³-hybridized carbons (Fsp3) is 0.583. The van der Waals surface area contributed by atoms with Crippen molar-refractivity contribution >= 4 is 11.5 Å². The van der Waals surface area contributed by atoms with Crippen LogP contribution in [0.15, 0.2) is 12.1 Å². The van der Waals surface area contributed by atoms with Gasteiger partial charge in [0.15, 0.2) is 0 Å². The summed E-state index contributed by atoms with van der Waals surface area (Å²) in [6.07, 6.45) is -4.15. The van der Waals surface area contributed by atoms with Crippen molar-refractivity contribution < 1.29 is 17.9 Å². The predicted octanol–water partition coefficient (Wildman–Crippen LogP) is 1.36. The number of nitrogens with zero attached hydrogens (tertiary/aromatic N) is 3. The Morgan fingerprint density at radius 1 is 1.25 bits per heavy atom. The Morgan fingerprint density at radius 3 is 2.45 bits per heavy atom. The second-order valence-electron chi connectivity index (χ2n) is 4.65. The molecule has 1 fully saturated rings. The number of rotatable bonds is 3. The molecule has 0 aromatic carbocycles. The Hall–Kier alpha value is -1.70. The third kappa shape index (κ3) is 3.66. The van der Waals surface area contributed by atoms with Crippen molar-refractivity contribution in [2.75, 3.05) is 50.5 Å². The highest BCUT2D eigenvalue weighted by Gasteiger charge is 2.32. The molecule has 0 atom stereocenters. The van der Waals surface area contributed by atoms with Gasteiger partial charge in [-0.15, -0.1) is 0 Å². The molecule has 0 spiro atoms. The van der Waals surface area contributed by atoms with Gasteiger partial charge in [0, 0.05) is 26.2 Å². The maximum absolute atomic E-state index is 12.3. The van der Waals surface area contributed by atoms with E-state index >= 15 is 0 Å². The molecule has 112 valence electrons. The van der Waals surface area contributed by atoms with Crippen molar-refractivity contribution in [2.45, 2.75) is 6.18 Å². The van der Waals surface area contributed by atoms with Crippen LogP contribution in [0.4, 0.5) is 24.7 Å². The Kier molecular flexibility index (Phi) is 4.22. The first-order valence-electron chi connectivity index (χ1n) is 6.23. The fourth-order valence-electron chi connectivity index (χ4n) is 2.17. The molecule has 20 heavy (non-hydrogen) atoms. The van der Waals surface area contributed by atoms with Crippen LogP contribution in [-0.4, -0.2) is 55.9 Å². The van der Waals surface area contributed by atoms with Crippen molar-refractivity contribution in [3.8, 4) is 5.88 Å². The normalized spacial score (nSPS) is 17.3. The highest BCUT2D eigenvalue weighted by atomic mass is 19.4. The van der Waals surface area contributed by atoms with Gasteiger partial charge in [-0.05, 0) is 12.1 Å². The van der Waals surface area contributed by atoms with E-state index in [-0.39, 0.29) is 0 Å². The van der Waals surface area contributed by atoms with Crippen molar-refractivity contribution in [3.05, 3.63) is 12.1 Å². The Labute approximate surface area is 115 Å². The minimum atomic E-state index is -4.15. The number of methoxy groups -OCH3 is 1. The lowest BCUT2D eigenvalue weighted by molar-refractivity contribution is -0.146. The van der Waals surface area contributed by atoms with Gasteiger partial charge in [-0.1, -0.05) is 0 Å². The van der Waals surface area contributed by atoms with Crippen LogP contribution in [0.2, 0.25) is 0 Å². The number of alkyl halides is 3. The molecular weight excluding hydrogens is 273 g/mol. The topological polar surface area (TPSA) is 54.6 Å². The Balaban J connectivity index is 1.97. The lowest BCUT2D eigenvalue weighted by atomic mass is 10.3. The number of nitrogen functional groups attached to an aromatic ring is 1. The van der Waals surface area contributed by atoms with Gasteiger partial charge in [-0.3, -0.25) is 4.90 Å². The van der Waals surface area contributed by atoms with Gasteiger partial charge in [0.2, 0.25) is 5.88 Å². The average molecular weight is 290 g/mol. The van der Waals surface area contributed by atoms with Gasteiger partial charge in [0.25, 0.3) is 0 Å². The molecule has 0 unspecified atom stereocenters. The SMILES string of the molecule is COc1nc(N2CCN(CC(F)(F)F)CC2)ccc1N. The van der Waals surface area contributed by atoms with Crippen molar-refractivity contribution in [1.29, 1.82) is 0 Å². The lowest BCUT2D eigenvalue weighted by Crippen LogP contribution is -2.49. The smallest absolute Gasteiger partial charge is 0.401 e. The summed E-state index contributed by atoms with van der Waals surface area (Å²) >= 11 is 0. The molecule has 0 saturated carbocycles. The molecular formula is C12H17F3N4O. The van der Waals surface area contributed by atoms with Crippen LogP contribution in [0.1, 0.15) is 0 Å². The fourth-order valence-corrected chi connectivity index (χ4v) is 2.17. The number of hydrogen-bond acceptors (Lipinski definition) is 5. The molecule has 2 heterocycles. The van der Waals surface area contributed by atoms with E-state index in [0.29, 0.717) is 43.6 Å². The first kappa shape index (κ1) is 14.7. The number of piperazine rings is 1. The first-order chi connectivity index (χ1) is 9.39. The van der Waals surface area contributed by atoms with E-state index in [1.807, 2.05) is 4.90 Å². The summed E-state index contributed by atoms with van der Waals surface area (Å²) in [5, 5.41) is 0. The van der Waals surface area contributed by atoms with Gasteiger partial charge in [0.1, 0.15) is 5.82 Å². The maximum Gasteiger partial charge on any atom is 0.401 e. The standard InChI is InChI=1S/C12H17F3N4O/c1-20-11-9(16)2-3-10(17-11)19-6-4-18(5-7-19)8-12(13,14)15/h2-3H,4-8,16H2,1H3. The van der Waals surface area contributed by atoms with Gasteiger partial charge >= 0.3 is 6.18 Å². The Morgan fingerprint density at radius 2 is 1.90 bits per heavy atom. The predicted molar refractivity (Wildman–Crippen MR) is 69.9 cm³/mol. The molecule has 5 nitrogen and oxygen atoms in total. The molecule has 1 aliphatic rings. The third-order valence-electron chi connectivity index (χ3n) is 3.17. The molecule has 0 amide bonds. The molecule has 0 bridgehead atoms. The van der Waals surface area contributed by atoms with Crippen LogP contribution in [0.5, 0.6) is 5.88 Å². The Bertz CT molecular complexity index is 459. The number of aromatic nitrogens is 1. The number of halogens is 3. The van der Waals surface area contributed by atoms with E-state index < -0.39 is 12.7 Å². The van der Waals surface area contributed by atoms with Gasteiger partial charge in [-0.2, -0.15) is 18.2 Å². The average Bonchev–Trinajstić information content (AvgIpc) is 2.38. The van der Waals surface area contributed by atoms with E-state index in [9.17, 15) is 13.2 Å². The second kappa shape index (κ2) is 5.74. The summed E-state index contributed by atoms with van der Waals surface area (Å²) in [5.74, 6) is 1.00. The third-order valence-corrected chi connectivity index (χ3v) is 3.17. The molecule has 8 heteroatoms. The lowest BCUT2D eigenvalue weighted by Gasteiger charge is -2.35. The second-order valence-corrected chi connectivity index (χ2v) is 4.65. The van der Waals surface area contributed by atoms with Gasteiger partial charge < -0.3 is 15.4 Å². The molecule has 0 radical (unpaired) electrons. The molecule has 2 N–H and O–H groups in total. The zero-order valence-electron chi connectivity index (χ0n) is 11.2. The monoisotopic (exact) mass is 290 g/mol. The molecule has 0 aliphatic carbocycles. The van der Waals surface area contributed by atoms with Crippen LogP contribution in [-0.2, 0) is 0 Å². The number of anilines is 2. The molecule has 1 aliphatic heterocycles. The summed E-state index contributed by atoms with van der Waals surface area (Å²) in [5.41, 5.74) is 6.12. The quantitative estimate of drug-likeness (QED) is 0.911. The summed E-state index contributed by atoms with van der Waals surface area (Å²) in [7, 11) is 1.48. The van der Waals surface area contributed by atoms with E-state index in [1.54, 1.807) is 12.1 Å². The zero-order valence-corrected chi connectivity index (χ0v) is 11.2. The van der Waals surface area contributed by atoms with Crippen LogP contribution >= 0.6 is 0 Å². The van der Waals surface area contributed by atoms with E-state index in [4.69, 9.17) is 10.5 Å². The van der Waals surface area contributed by atoms with Crippen LogP contribution < -0.4 is 15.4 Å². The van der Waals surface area contributed by atoms with Crippen molar-refractivity contribution in [2.24, 2.45) is 0 Å². The van der Waals surface area contributed by atoms with E-state index in [0.717, 1.165) is 0 Å². The summed E-state index contributed by atoms with van der Waals surface area (Å²) in [6, 6.07) is 3.43. The molecule has 2 rings (SSSR count). The summed E-state index contributed by atoms with van der Waals surface area (Å²) < 4.78 is 42.0. The molecule has 1 saturated heterocycles. The summed E-state index contributed by atoms with van der Waals surface area (Å²) in [6.45, 7) is 0.841. The number of ether oxygens (including phenoxy) is 1. The van der Waals surface area contributed by atoms with Gasteiger partial charge in [0.05, 0.1) is 19.3 Å². The van der Waals surface area contributed by atoms with Crippen LogP contribution in [0, 0.1) is 0 Å². The van der Waals surface area contributed by atoms with Crippen LogP contribution in [0.3, 0.4) is 0 Å². The van der Waals surface area contributed by atoms with E-state index in [1.165, 1.54) is 12.0 Å². The zero-order chi connectivity index (χ0) is 14.8.